The second-order valence-corrected chi connectivity index (χ2v) is 10.9. The molecular weight excluding hydrogens is 412 g/mol. The molecule has 4 nitrogen and oxygen atoms in total. The number of fused-ring (bicyclic) bond motifs is 2. The van der Waals surface area contributed by atoms with E-state index in [1.165, 1.54) is 28.8 Å². The Labute approximate surface area is 200 Å². The maximum atomic E-state index is 6.65. The molecule has 1 aromatic rings. The lowest BCUT2D eigenvalue weighted by molar-refractivity contribution is 0.296. The molecule has 0 fully saturated rings. The Bertz CT molecular complexity index is 804. The maximum Gasteiger partial charge on any atom is 0.0455 e. The van der Waals surface area contributed by atoms with Crippen molar-refractivity contribution in [2.45, 2.75) is 92.3 Å². The number of hydrogen-bond acceptors (Lipinski definition) is 5. The van der Waals surface area contributed by atoms with Gasteiger partial charge in [0.1, 0.15) is 0 Å². The minimum atomic E-state index is 0.180. The molecule has 2 rings (SSSR count). The normalized spacial score (nSPS) is 24.2. The van der Waals surface area contributed by atoms with Gasteiger partial charge in [-0.05, 0) is 74.6 Å². The van der Waals surface area contributed by atoms with Gasteiger partial charge in [0, 0.05) is 42.1 Å². The molecule has 0 amide bonds. The van der Waals surface area contributed by atoms with Crippen molar-refractivity contribution < 1.29 is 0 Å². The maximum absolute atomic E-state index is 6.65. The molecular formula is C27H44N4S. The molecule has 1 aliphatic heterocycles. The fourth-order valence-corrected chi connectivity index (χ4v) is 4.68. The summed E-state index contributed by atoms with van der Waals surface area (Å²) in [5.74, 6) is 0. The molecule has 0 spiro atoms. The topological polar surface area (TPSA) is 62.1 Å². The molecule has 32 heavy (non-hydrogen) atoms. The minimum Gasteiger partial charge on any atom is -0.402 e. The van der Waals surface area contributed by atoms with Gasteiger partial charge in [0.15, 0.2) is 0 Å². The molecule has 2 atom stereocenters. The molecule has 0 aromatic heterocycles. The first-order chi connectivity index (χ1) is 15.2. The quantitative estimate of drug-likeness (QED) is 0.288. The van der Waals surface area contributed by atoms with E-state index < -0.39 is 0 Å². The zero-order chi connectivity index (χ0) is 23.6. The number of nitrogens with two attached hydrogens (primary N) is 1. The van der Waals surface area contributed by atoms with E-state index in [2.05, 4.69) is 98.8 Å². The molecule has 0 saturated heterocycles. The van der Waals surface area contributed by atoms with Gasteiger partial charge >= 0.3 is 0 Å². The van der Waals surface area contributed by atoms with E-state index in [9.17, 15) is 0 Å². The summed E-state index contributed by atoms with van der Waals surface area (Å²) in [5.41, 5.74) is 12.9. The molecule has 0 radical (unpaired) electrons. The van der Waals surface area contributed by atoms with E-state index in [0.29, 0.717) is 6.04 Å². The fourth-order valence-electron chi connectivity index (χ4n) is 3.97. The van der Waals surface area contributed by atoms with Crippen LogP contribution in [0.2, 0.25) is 0 Å². The summed E-state index contributed by atoms with van der Waals surface area (Å²) < 4.78 is 7.08. The van der Waals surface area contributed by atoms with Crippen LogP contribution in [-0.4, -0.2) is 12.1 Å². The van der Waals surface area contributed by atoms with Crippen molar-refractivity contribution in [1.82, 2.24) is 10.0 Å². The van der Waals surface area contributed by atoms with Crippen molar-refractivity contribution >= 4 is 17.8 Å². The Morgan fingerprint density at radius 1 is 1.28 bits per heavy atom. The zero-order valence-corrected chi connectivity index (χ0v) is 21.7. The highest BCUT2D eigenvalue weighted by molar-refractivity contribution is 7.98. The van der Waals surface area contributed by atoms with Gasteiger partial charge in [-0.15, -0.1) is 0 Å². The molecule has 2 bridgehead atoms. The number of hydrogen-bond donors (Lipinski definition) is 4. The van der Waals surface area contributed by atoms with Gasteiger partial charge in [0.2, 0.25) is 0 Å². The molecule has 2 unspecified atom stereocenters. The summed E-state index contributed by atoms with van der Waals surface area (Å²) in [4.78, 5) is 0. The first-order valence-electron chi connectivity index (χ1n) is 11.9. The largest absolute Gasteiger partial charge is 0.402 e. The number of allylic oxidation sites excluding steroid dienone is 4. The predicted molar refractivity (Wildman–Crippen MR) is 143 cm³/mol. The number of benzene rings is 1. The van der Waals surface area contributed by atoms with Gasteiger partial charge < -0.3 is 15.8 Å². The molecule has 178 valence electrons. The molecule has 5 N–H and O–H groups in total. The predicted octanol–water partition coefficient (Wildman–Crippen LogP) is 6.84. The Morgan fingerprint density at radius 2 is 2.06 bits per heavy atom. The number of anilines is 1. The smallest absolute Gasteiger partial charge is 0.0455 e. The lowest BCUT2D eigenvalue weighted by Crippen LogP contribution is -2.33. The van der Waals surface area contributed by atoms with Crippen molar-refractivity contribution in [3.05, 3.63) is 64.9 Å². The first-order valence-corrected chi connectivity index (χ1v) is 12.8. The lowest BCUT2D eigenvalue weighted by Gasteiger charge is -2.28. The third kappa shape index (κ3) is 9.85. The van der Waals surface area contributed by atoms with E-state index >= 15 is 0 Å². The molecule has 5 heteroatoms. The van der Waals surface area contributed by atoms with Crippen LogP contribution in [0.5, 0.6) is 0 Å². The second-order valence-electron chi connectivity index (χ2n) is 10.2. The van der Waals surface area contributed by atoms with E-state index in [0.717, 1.165) is 50.0 Å². The van der Waals surface area contributed by atoms with Gasteiger partial charge in [0.25, 0.3) is 0 Å². The molecule has 0 saturated carbocycles. The van der Waals surface area contributed by atoms with E-state index in [1.54, 1.807) is 0 Å². The van der Waals surface area contributed by atoms with Gasteiger partial charge in [-0.25, -0.2) is 4.72 Å². The van der Waals surface area contributed by atoms with Crippen LogP contribution < -0.4 is 20.5 Å². The van der Waals surface area contributed by atoms with Crippen LogP contribution in [0.1, 0.15) is 79.2 Å². The summed E-state index contributed by atoms with van der Waals surface area (Å²) in [6, 6.07) is 9.27. The molecule has 1 aliphatic rings. The van der Waals surface area contributed by atoms with E-state index in [4.69, 9.17) is 5.73 Å². The first kappa shape index (κ1) is 26.6. The molecule has 1 heterocycles. The monoisotopic (exact) mass is 456 g/mol. The minimum absolute atomic E-state index is 0.180. The highest BCUT2D eigenvalue weighted by atomic mass is 32.2. The van der Waals surface area contributed by atoms with Crippen LogP contribution in [-0.2, 0) is 6.54 Å². The summed E-state index contributed by atoms with van der Waals surface area (Å²) in [6.07, 6.45) is 11.6. The van der Waals surface area contributed by atoms with E-state index in [-0.39, 0.29) is 11.5 Å². The van der Waals surface area contributed by atoms with Crippen molar-refractivity contribution in [3.8, 4) is 0 Å². The molecule has 0 aliphatic carbocycles. The van der Waals surface area contributed by atoms with Crippen LogP contribution in [0.15, 0.2) is 59.3 Å². The van der Waals surface area contributed by atoms with Crippen molar-refractivity contribution in [2.75, 3.05) is 4.72 Å². The third-order valence-electron chi connectivity index (χ3n) is 5.82. The van der Waals surface area contributed by atoms with Crippen LogP contribution in [0.3, 0.4) is 0 Å². The van der Waals surface area contributed by atoms with Crippen LogP contribution in [0.25, 0.3) is 0 Å². The van der Waals surface area contributed by atoms with Gasteiger partial charge in [-0.1, -0.05) is 63.6 Å². The Kier molecular flexibility index (Phi) is 10.9. The number of rotatable bonds is 5. The van der Waals surface area contributed by atoms with Crippen LogP contribution >= 0.6 is 12.1 Å². The Morgan fingerprint density at radius 3 is 2.78 bits per heavy atom. The zero-order valence-electron chi connectivity index (χ0n) is 20.9. The summed E-state index contributed by atoms with van der Waals surface area (Å²) in [7, 11) is 0. The van der Waals surface area contributed by atoms with Crippen LogP contribution in [0, 0.1) is 5.41 Å². The Hall–Kier alpha value is -1.69. The third-order valence-corrected chi connectivity index (χ3v) is 6.56. The highest BCUT2D eigenvalue weighted by Gasteiger charge is 2.20. The standard InChI is InChI=1S/C27H44N4S/c1-7-8-9-11-20(2)16-26-21(3)25(28)15-14-24(18-27(4,5)6)29-19-22-12-10-13-23(17-22)30-32-31-26/h8-13,17,24,26,29-31H,7,14-16,18-19,28H2,1-6H3/b9-8-,20-11-,25-21-. The molecule has 1 aromatic carbocycles. The van der Waals surface area contributed by atoms with E-state index in [1.807, 2.05) is 0 Å². The summed E-state index contributed by atoms with van der Waals surface area (Å²) in [6.45, 7) is 14.3. The Balaban J connectivity index is 2.26. The van der Waals surface area contributed by atoms with Gasteiger partial charge in [-0.3, -0.25) is 0 Å². The van der Waals surface area contributed by atoms with Crippen molar-refractivity contribution in [3.63, 3.8) is 0 Å². The summed E-state index contributed by atoms with van der Waals surface area (Å²) in [5, 5.41) is 3.80. The van der Waals surface area contributed by atoms with Crippen molar-refractivity contribution in [1.29, 1.82) is 0 Å². The lowest BCUT2D eigenvalue weighted by atomic mass is 9.86. The van der Waals surface area contributed by atoms with Crippen LogP contribution in [0.4, 0.5) is 5.69 Å². The fraction of sp³-hybridized carbons (Fsp3) is 0.556. The van der Waals surface area contributed by atoms with Gasteiger partial charge in [-0.2, -0.15) is 0 Å². The number of nitrogens with one attached hydrogen (secondary N) is 3. The van der Waals surface area contributed by atoms with Gasteiger partial charge in [0.05, 0.1) is 0 Å². The average Bonchev–Trinajstić information content (AvgIpc) is 2.73. The average molecular weight is 457 g/mol. The SMILES string of the molecule is CC/C=C\C=C(\C)CC1NSNc2cccc(c2)CNC(CC(C)(C)C)CC/C(N)=C/1C. The summed E-state index contributed by atoms with van der Waals surface area (Å²) >= 11 is 1.54. The van der Waals surface area contributed by atoms with Crippen molar-refractivity contribution in [2.24, 2.45) is 11.1 Å². The highest BCUT2D eigenvalue weighted by Crippen LogP contribution is 2.26. The second kappa shape index (κ2) is 13.1.